The summed E-state index contributed by atoms with van der Waals surface area (Å²) in [5.41, 5.74) is 5.25. The minimum absolute atomic E-state index is 0.0157. The predicted molar refractivity (Wildman–Crippen MR) is 159 cm³/mol. The Morgan fingerprint density at radius 3 is 2.52 bits per heavy atom. The number of carbonyl (C=O) groups excluding carboxylic acids is 2. The van der Waals surface area contributed by atoms with Gasteiger partial charge in [0.1, 0.15) is 5.75 Å². The molecule has 0 radical (unpaired) electrons. The zero-order valence-corrected chi connectivity index (χ0v) is 23.9. The smallest absolute Gasteiger partial charge is 0.251 e. The number of nitrogens with zero attached hydrogens (tertiary/aromatic N) is 2. The van der Waals surface area contributed by atoms with Crippen molar-refractivity contribution in [2.75, 3.05) is 33.3 Å². The molecular formula is C33H36ClN3O3. The van der Waals surface area contributed by atoms with Crippen LogP contribution in [0.15, 0.2) is 84.4 Å². The second-order valence-corrected chi connectivity index (χ2v) is 11.1. The van der Waals surface area contributed by atoms with E-state index in [0.29, 0.717) is 37.7 Å². The zero-order valence-electron chi connectivity index (χ0n) is 23.1. The molecule has 0 unspecified atom stereocenters. The number of likely N-dealkylation sites (N-methyl/N-ethyl adjacent to an activating group) is 1. The van der Waals surface area contributed by atoms with E-state index in [1.165, 1.54) is 5.56 Å². The highest BCUT2D eigenvalue weighted by atomic mass is 35.5. The van der Waals surface area contributed by atoms with Crippen molar-refractivity contribution in [3.63, 3.8) is 0 Å². The molecule has 1 fully saturated rings. The lowest BCUT2D eigenvalue weighted by Crippen LogP contribution is -2.61. The number of benzene rings is 3. The number of ether oxygens (including phenoxy) is 1. The second-order valence-electron chi connectivity index (χ2n) is 10.7. The minimum Gasteiger partial charge on any atom is -0.493 e. The molecule has 0 spiro atoms. The van der Waals surface area contributed by atoms with Gasteiger partial charge in [-0.05, 0) is 53.3 Å². The number of halogens is 1. The lowest BCUT2D eigenvalue weighted by molar-refractivity contribution is -0.132. The van der Waals surface area contributed by atoms with Crippen LogP contribution in [-0.2, 0) is 22.4 Å². The number of carbonyl (C=O) groups is 2. The Kier molecular flexibility index (Phi) is 8.88. The maximum Gasteiger partial charge on any atom is 0.251 e. The van der Waals surface area contributed by atoms with Crippen molar-refractivity contribution >= 4 is 29.0 Å². The van der Waals surface area contributed by atoms with E-state index in [4.69, 9.17) is 16.3 Å². The number of rotatable bonds is 9. The average molecular weight is 558 g/mol. The standard InChI is InChI=1S/C33H36ClN3O3/c1-23(38)37-21-28-20-30(26-11-6-10-25(18-26)15-17-40-29-13-7-12-27(34)19-29)32(31(22-37)35-28)33(39)36(2)16-14-24-8-4-3-5-9-24/h3-13,18-19,28,31,35H,14-17,20-22H2,1-2H3/t28-,31-/m1/s1. The van der Waals surface area contributed by atoms with Gasteiger partial charge in [0.15, 0.2) is 0 Å². The van der Waals surface area contributed by atoms with Crippen LogP contribution in [0.4, 0.5) is 0 Å². The molecule has 2 amide bonds. The first-order valence-electron chi connectivity index (χ1n) is 13.9. The summed E-state index contributed by atoms with van der Waals surface area (Å²) in [6, 6.07) is 26.0. The van der Waals surface area contributed by atoms with Crippen molar-refractivity contribution in [1.82, 2.24) is 15.1 Å². The molecule has 1 saturated heterocycles. The van der Waals surface area contributed by atoms with Crippen molar-refractivity contribution < 1.29 is 14.3 Å². The highest BCUT2D eigenvalue weighted by molar-refractivity contribution is 6.30. The Hall–Kier alpha value is -3.61. The van der Waals surface area contributed by atoms with Gasteiger partial charge in [0.05, 0.1) is 12.6 Å². The fraction of sp³-hybridized carbons (Fsp3) is 0.333. The van der Waals surface area contributed by atoms with Crippen molar-refractivity contribution in [2.45, 2.75) is 38.3 Å². The largest absolute Gasteiger partial charge is 0.493 e. The van der Waals surface area contributed by atoms with Crippen LogP contribution in [0.1, 0.15) is 30.0 Å². The van der Waals surface area contributed by atoms with Crippen LogP contribution in [-0.4, -0.2) is 67.0 Å². The third-order valence-electron chi connectivity index (χ3n) is 7.74. The second kappa shape index (κ2) is 12.7. The van der Waals surface area contributed by atoms with E-state index in [1.54, 1.807) is 6.92 Å². The predicted octanol–water partition coefficient (Wildman–Crippen LogP) is 5.01. The molecule has 0 saturated carbocycles. The molecule has 1 N–H and O–H groups in total. The Bertz CT molecular complexity index is 1390. The highest BCUT2D eigenvalue weighted by Crippen LogP contribution is 2.34. The van der Waals surface area contributed by atoms with E-state index in [-0.39, 0.29) is 23.9 Å². The normalized spacial score (nSPS) is 18.4. The van der Waals surface area contributed by atoms with Crippen LogP contribution in [0, 0.1) is 0 Å². The van der Waals surface area contributed by atoms with Crippen molar-refractivity contribution in [3.05, 3.63) is 106 Å². The molecule has 2 bridgehead atoms. The highest BCUT2D eigenvalue weighted by Gasteiger charge is 2.39. The maximum absolute atomic E-state index is 14.0. The fourth-order valence-electron chi connectivity index (χ4n) is 5.63. The molecule has 208 valence electrons. The van der Waals surface area contributed by atoms with Gasteiger partial charge in [0.25, 0.3) is 5.91 Å². The molecule has 2 heterocycles. The maximum atomic E-state index is 14.0. The van der Waals surface area contributed by atoms with Crippen LogP contribution in [0.3, 0.4) is 0 Å². The number of nitrogens with one attached hydrogen (secondary N) is 1. The quantitative estimate of drug-likeness (QED) is 0.402. The Balaban J connectivity index is 1.38. The van der Waals surface area contributed by atoms with Crippen LogP contribution in [0.25, 0.3) is 5.57 Å². The Morgan fingerprint density at radius 2 is 1.75 bits per heavy atom. The van der Waals surface area contributed by atoms with Gasteiger partial charge in [-0.25, -0.2) is 0 Å². The number of fused-ring (bicyclic) bond motifs is 2. The summed E-state index contributed by atoms with van der Waals surface area (Å²) in [7, 11) is 1.87. The summed E-state index contributed by atoms with van der Waals surface area (Å²) in [5, 5.41) is 4.29. The van der Waals surface area contributed by atoms with E-state index in [9.17, 15) is 9.59 Å². The van der Waals surface area contributed by atoms with Crippen LogP contribution in [0.2, 0.25) is 5.02 Å². The molecular weight excluding hydrogens is 522 g/mol. The van der Waals surface area contributed by atoms with Gasteiger partial charge in [-0.3, -0.25) is 9.59 Å². The molecule has 7 heteroatoms. The number of amides is 2. The van der Waals surface area contributed by atoms with E-state index in [0.717, 1.165) is 40.9 Å². The topological polar surface area (TPSA) is 61.9 Å². The average Bonchev–Trinajstić information content (AvgIpc) is 2.96. The molecule has 2 aliphatic heterocycles. The molecule has 2 aliphatic rings. The van der Waals surface area contributed by atoms with Gasteiger partial charge in [0.2, 0.25) is 5.91 Å². The summed E-state index contributed by atoms with van der Waals surface area (Å²) in [6.45, 7) is 3.89. The Morgan fingerprint density at radius 1 is 0.975 bits per heavy atom. The number of hydrogen-bond acceptors (Lipinski definition) is 4. The van der Waals surface area contributed by atoms with Gasteiger partial charge in [-0.15, -0.1) is 0 Å². The summed E-state index contributed by atoms with van der Waals surface area (Å²) in [6.07, 6.45) is 2.21. The first-order valence-corrected chi connectivity index (χ1v) is 14.3. The van der Waals surface area contributed by atoms with Crippen LogP contribution < -0.4 is 10.1 Å². The van der Waals surface area contributed by atoms with Crippen molar-refractivity contribution in [3.8, 4) is 5.75 Å². The number of hydrogen-bond donors (Lipinski definition) is 1. The molecule has 2 atom stereocenters. The third kappa shape index (κ3) is 6.75. The van der Waals surface area contributed by atoms with Gasteiger partial charge in [-0.1, -0.05) is 72.3 Å². The SMILES string of the molecule is CC(=O)N1C[C@H]2CC(c3cccc(CCOc4cccc(Cl)c4)c3)=C(C(=O)N(C)CCc3ccccc3)[C@@H](C1)N2. The van der Waals surface area contributed by atoms with E-state index < -0.39 is 0 Å². The van der Waals surface area contributed by atoms with E-state index in [1.807, 2.05) is 59.3 Å². The van der Waals surface area contributed by atoms with Crippen LogP contribution >= 0.6 is 11.6 Å². The first kappa shape index (κ1) is 27.9. The monoisotopic (exact) mass is 557 g/mol. The summed E-state index contributed by atoms with van der Waals surface area (Å²) in [4.78, 5) is 30.0. The van der Waals surface area contributed by atoms with Crippen molar-refractivity contribution in [1.29, 1.82) is 0 Å². The molecule has 5 rings (SSSR count). The molecule has 6 nitrogen and oxygen atoms in total. The minimum atomic E-state index is -0.201. The summed E-state index contributed by atoms with van der Waals surface area (Å²) >= 11 is 6.08. The lowest BCUT2D eigenvalue weighted by Gasteiger charge is -2.44. The molecule has 0 aliphatic carbocycles. The van der Waals surface area contributed by atoms with E-state index in [2.05, 4.69) is 41.7 Å². The Labute approximate surface area is 241 Å². The lowest BCUT2D eigenvalue weighted by atomic mass is 9.82. The molecule has 3 aromatic rings. The molecule has 3 aromatic carbocycles. The van der Waals surface area contributed by atoms with Crippen molar-refractivity contribution in [2.24, 2.45) is 0 Å². The van der Waals surface area contributed by atoms with Gasteiger partial charge < -0.3 is 19.9 Å². The molecule has 0 aromatic heterocycles. The van der Waals surface area contributed by atoms with Gasteiger partial charge in [-0.2, -0.15) is 0 Å². The third-order valence-corrected chi connectivity index (χ3v) is 7.97. The van der Waals surface area contributed by atoms with Crippen LogP contribution in [0.5, 0.6) is 5.75 Å². The number of piperazine rings is 1. The zero-order chi connectivity index (χ0) is 28.1. The molecule has 40 heavy (non-hydrogen) atoms. The van der Waals surface area contributed by atoms with Gasteiger partial charge >= 0.3 is 0 Å². The van der Waals surface area contributed by atoms with E-state index >= 15 is 0 Å². The van der Waals surface area contributed by atoms with Gasteiger partial charge in [0, 0.05) is 56.7 Å². The first-order chi connectivity index (χ1) is 19.4. The summed E-state index contributed by atoms with van der Waals surface area (Å²) in [5.74, 6) is 0.812. The fourth-order valence-corrected chi connectivity index (χ4v) is 5.81. The summed E-state index contributed by atoms with van der Waals surface area (Å²) < 4.78 is 5.92.